The van der Waals surface area contributed by atoms with Crippen molar-refractivity contribution in [2.75, 3.05) is 11.9 Å². The average molecular weight is 519 g/mol. The Morgan fingerprint density at radius 2 is 1.86 bits per heavy atom. The summed E-state index contributed by atoms with van der Waals surface area (Å²) in [5.74, 6) is -0.996. The standard InChI is InChI=1S/C28H27FN4O3S/c1-6-23(34)31-19-9-8-17(12-20-15(3)10-18(29)11-16(20)4)21(13-19)22-14-33(5)28(36)25-24(22)32-27(37-25)26(35)30-7-2/h6,8-11,13-14H,1,7,12H2,2-5H3,(H,30,35)(H,31,34). The SMILES string of the molecule is C=CC(=O)Nc1ccc(Cc2c(C)cc(F)cc2C)c(-c2cn(C)c(=O)c3sc(C(=O)NCC)nc23)c1. The van der Waals surface area contributed by atoms with Crippen LogP contribution >= 0.6 is 11.3 Å². The van der Waals surface area contributed by atoms with Crippen LogP contribution in [0, 0.1) is 19.7 Å². The van der Waals surface area contributed by atoms with Gasteiger partial charge < -0.3 is 15.2 Å². The van der Waals surface area contributed by atoms with E-state index in [1.54, 1.807) is 19.3 Å². The summed E-state index contributed by atoms with van der Waals surface area (Å²) in [6.07, 6.45) is 3.36. The molecule has 0 saturated carbocycles. The Hall–Kier alpha value is -4.11. The number of fused-ring (bicyclic) bond motifs is 1. The van der Waals surface area contributed by atoms with E-state index >= 15 is 0 Å². The predicted octanol–water partition coefficient (Wildman–Crippen LogP) is 4.88. The smallest absolute Gasteiger partial charge is 0.280 e. The molecule has 0 atom stereocenters. The largest absolute Gasteiger partial charge is 0.350 e. The van der Waals surface area contributed by atoms with Gasteiger partial charge in [-0.1, -0.05) is 12.6 Å². The minimum atomic E-state index is -0.360. The van der Waals surface area contributed by atoms with E-state index in [1.807, 2.05) is 32.9 Å². The number of pyridine rings is 1. The first kappa shape index (κ1) is 26.0. The van der Waals surface area contributed by atoms with Gasteiger partial charge >= 0.3 is 0 Å². The second-order valence-corrected chi connectivity index (χ2v) is 9.77. The van der Waals surface area contributed by atoms with E-state index < -0.39 is 0 Å². The van der Waals surface area contributed by atoms with E-state index in [2.05, 4.69) is 22.2 Å². The molecule has 2 aromatic heterocycles. The van der Waals surface area contributed by atoms with Crippen LogP contribution in [-0.2, 0) is 18.3 Å². The number of nitrogens with one attached hydrogen (secondary N) is 2. The molecule has 4 aromatic rings. The summed E-state index contributed by atoms with van der Waals surface area (Å²) >= 11 is 1.05. The number of carbonyl (C=O) groups excluding carboxylic acids is 2. The molecular weight excluding hydrogens is 491 g/mol. The number of rotatable bonds is 7. The van der Waals surface area contributed by atoms with Gasteiger partial charge in [0.15, 0.2) is 5.01 Å². The molecule has 0 aliphatic rings. The molecule has 0 fully saturated rings. The molecule has 37 heavy (non-hydrogen) atoms. The molecule has 2 heterocycles. The summed E-state index contributed by atoms with van der Waals surface area (Å²) in [5, 5.41) is 5.71. The molecule has 2 N–H and O–H groups in total. The molecule has 9 heteroatoms. The van der Waals surface area contributed by atoms with E-state index in [0.717, 1.165) is 39.2 Å². The van der Waals surface area contributed by atoms with Gasteiger partial charge in [0, 0.05) is 31.0 Å². The number of anilines is 1. The summed E-state index contributed by atoms with van der Waals surface area (Å²) in [4.78, 5) is 42.0. The fourth-order valence-corrected chi connectivity index (χ4v) is 5.29. The van der Waals surface area contributed by atoms with Crippen molar-refractivity contribution in [3.63, 3.8) is 0 Å². The van der Waals surface area contributed by atoms with Crippen molar-refractivity contribution in [1.29, 1.82) is 0 Å². The van der Waals surface area contributed by atoms with E-state index in [1.165, 1.54) is 22.8 Å². The molecule has 4 rings (SSSR count). The quantitative estimate of drug-likeness (QED) is 0.341. The van der Waals surface area contributed by atoms with Crippen molar-refractivity contribution in [2.24, 2.45) is 7.05 Å². The van der Waals surface area contributed by atoms with Crippen LogP contribution in [0.4, 0.5) is 10.1 Å². The van der Waals surface area contributed by atoms with Crippen molar-refractivity contribution in [3.8, 4) is 11.1 Å². The third kappa shape index (κ3) is 5.22. The van der Waals surface area contributed by atoms with Gasteiger partial charge in [-0.2, -0.15) is 0 Å². The van der Waals surface area contributed by atoms with Crippen LogP contribution < -0.4 is 16.2 Å². The number of carbonyl (C=O) groups is 2. The number of amides is 2. The third-order valence-corrected chi connectivity index (χ3v) is 7.17. The molecule has 0 radical (unpaired) electrons. The fourth-order valence-electron chi connectivity index (χ4n) is 4.31. The van der Waals surface area contributed by atoms with Crippen LogP contribution in [0.5, 0.6) is 0 Å². The first-order valence-corrected chi connectivity index (χ1v) is 12.5. The molecule has 7 nitrogen and oxygen atoms in total. The van der Waals surface area contributed by atoms with E-state index in [9.17, 15) is 18.8 Å². The Kier molecular flexibility index (Phi) is 7.35. The average Bonchev–Trinajstić information content (AvgIpc) is 3.30. The lowest BCUT2D eigenvalue weighted by Crippen LogP contribution is -2.22. The van der Waals surface area contributed by atoms with Crippen molar-refractivity contribution < 1.29 is 14.0 Å². The zero-order chi connectivity index (χ0) is 26.9. The zero-order valence-electron chi connectivity index (χ0n) is 21.1. The first-order chi connectivity index (χ1) is 17.6. The highest BCUT2D eigenvalue weighted by Crippen LogP contribution is 2.35. The van der Waals surface area contributed by atoms with Crippen molar-refractivity contribution >= 4 is 39.1 Å². The number of aryl methyl sites for hydroxylation is 3. The van der Waals surface area contributed by atoms with Crippen LogP contribution in [0.3, 0.4) is 0 Å². The number of hydrogen-bond acceptors (Lipinski definition) is 5. The molecule has 0 unspecified atom stereocenters. The molecule has 0 aliphatic heterocycles. The lowest BCUT2D eigenvalue weighted by Gasteiger charge is -2.16. The lowest BCUT2D eigenvalue weighted by molar-refractivity contribution is -0.111. The normalized spacial score (nSPS) is 10.9. The summed E-state index contributed by atoms with van der Waals surface area (Å²) in [6, 6.07) is 8.50. The van der Waals surface area contributed by atoms with Crippen molar-refractivity contribution in [2.45, 2.75) is 27.2 Å². The van der Waals surface area contributed by atoms with E-state index in [0.29, 0.717) is 34.4 Å². The third-order valence-electron chi connectivity index (χ3n) is 6.13. The molecule has 0 bridgehead atoms. The monoisotopic (exact) mass is 518 g/mol. The van der Waals surface area contributed by atoms with Crippen LogP contribution in [0.25, 0.3) is 21.3 Å². The molecule has 0 aliphatic carbocycles. The maximum atomic E-state index is 14.0. The molecular formula is C28H27FN4O3S. The maximum Gasteiger partial charge on any atom is 0.280 e. The summed E-state index contributed by atoms with van der Waals surface area (Å²) in [6.45, 7) is 9.49. The first-order valence-electron chi connectivity index (χ1n) is 11.7. The summed E-state index contributed by atoms with van der Waals surface area (Å²) < 4.78 is 15.8. The Labute approximate surface area is 217 Å². The predicted molar refractivity (Wildman–Crippen MR) is 146 cm³/mol. The Bertz CT molecular complexity index is 1600. The minimum Gasteiger partial charge on any atom is -0.350 e. The topological polar surface area (TPSA) is 93.1 Å². The maximum absolute atomic E-state index is 14.0. The highest BCUT2D eigenvalue weighted by atomic mass is 32.1. The van der Waals surface area contributed by atoms with Crippen LogP contribution in [-0.4, -0.2) is 27.9 Å². The van der Waals surface area contributed by atoms with Gasteiger partial charge in [-0.15, -0.1) is 11.3 Å². The van der Waals surface area contributed by atoms with Crippen LogP contribution in [0.1, 0.15) is 39.0 Å². The van der Waals surface area contributed by atoms with E-state index in [4.69, 9.17) is 0 Å². The van der Waals surface area contributed by atoms with Crippen LogP contribution in [0.2, 0.25) is 0 Å². The second kappa shape index (κ2) is 10.5. The van der Waals surface area contributed by atoms with Gasteiger partial charge in [-0.05, 0) is 85.4 Å². The number of hydrogen-bond donors (Lipinski definition) is 2. The summed E-state index contributed by atoms with van der Waals surface area (Å²) in [5.41, 5.74) is 5.59. The van der Waals surface area contributed by atoms with Crippen molar-refractivity contribution in [3.05, 3.63) is 92.6 Å². The Balaban J connectivity index is 1.97. The molecule has 0 spiro atoms. The Morgan fingerprint density at radius 3 is 2.51 bits per heavy atom. The van der Waals surface area contributed by atoms with Gasteiger partial charge in [0.25, 0.3) is 11.5 Å². The summed E-state index contributed by atoms with van der Waals surface area (Å²) in [7, 11) is 1.65. The van der Waals surface area contributed by atoms with E-state index in [-0.39, 0.29) is 28.2 Å². The van der Waals surface area contributed by atoms with Gasteiger partial charge in [0.2, 0.25) is 5.91 Å². The van der Waals surface area contributed by atoms with Crippen LogP contribution in [0.15, 0.2) is 54.0 Å². The molecule has 2 amide bonds. The number of thiazole rings is 1. The second-order valence-electron chi connectivity index (χ2n) is 8.78. The number of halogens is 1. The van der Waals surface area contributed by atoms with Gasteiger partial charge in [-0.25, -0.2) is 9.37 Å². The molecule has 190 valence electrons. The lowest BCUT2D eigenvalue weighted by atomic mass is 9.91. The molecule has 2 aromatic carbocycles. The molecule has 0 saturated heterocycles. The number of nitrogens with zero attached hydrogens (tertiary/aromatic N) is 2. The van der Waals surface area contributed by atoms with Crippen molar-refractivity contribution in [1.82, 2.24) is 14.9 Å². The van der Waals surface area contributed by atoms with Gasteiger partial charge in [0.05, 0.1) is 5.52 Å². The number of benzene rings is 2. The Morgan fingerprint density at radius 1 is 1.16 bits per heavy atom. The highest BCUT2D eigenvalue weighted by molar-refractivity contribution is 7.20. The fraction of sp³-hybridized carbons (Fsp3) is 0.214. The van der Waals surface area contributed by atoms with Gasteiger partial charge in [0.1, 0.15) is 10.5 Å². The minimum absolute atomic E-state index is 0.198. The zero-order valence-corrected chi connectivity index (χ0v) is 21.9. The van der Waals surface area contributed by atoms with Gasteiger partial charge in [-0.3, -0.25) is 14.4 Å². The highest BCUT2D eigenvalue weighted by Gasteiger charge is 2.21. The number of aromatic nitrogens is 2.